The molecule has 5 heterocycles. The molecule has 6 rings (SSSR count). The smallest absolute Gasteiger partial charge is 0.180 e. The number of anilines is 3. The maximum Gasteiger partial charge on any atom is 0.180 e. The average Bonchev–Trinajstić information content (AvgIpc) is 3.49. The molecular formula is C22H20N8O. The van der Waals surface area contributed by atoms with Gasteiger partial charge in [-0.25, -0.2) is 19.9 Å². The van der Waals surface area contributed by atoms with E-state index < -0.39 is 0 Å². The lowest BCUT2D eigenvalue weighted by molar-refractivity contribution is 0.122. The standard InChI is InChI=1S/C22H20N8O/c1-3-17-18(26-14-25-17)11-15(1)19-13-30-6-5-23-22(30)21(28-19)27-16-2-4-20(24-12-16)29-7-9-31-10-8-29/h1-6,11-14H,7-10H2,(H,25,26)(H,27,28). The van der Waals surface area contributed by atoms with E-state index in [4.69, 9.17) is 9.72 Å². The molecule has 9 nitrogen and oxygen atoms in total. The number of hydrogen-bond donors (Lipinski definition) is 2. The zero-order valence-electron chi connectivity index (χ0n) is 16.7. The van der Waals surface area contributed by atoms with Crippen LogP contribution in [0.4, 0.5) is 17.3 Å². The van der Waals surface area contributed by atoms with E-state index in [-0.39, 0.29) is 0 Å². The van der Waals surface area contributed by atoms with Crippen molar-refractivity contribution in [2.45, 2.75) is 0 Å². The molecule has 9 heteroatoms. The predicted octanol–water partition coefficient (Wildman–Crippen LogP) is 3.25. The third-order valence-corrected chi connectivity index (χ3v) is 5.44. The van der Waals surface area contributed by atoms with Gasteiger partial charge in [-0.15, -0.1) is 0 Å². The van der Waals surface area contributed by atoms with Gasteiger partial charge in [0.1, 0.15) is 5.82 Å². The Morgan fingerprint density at radius 1 is 1.03 bits per heavy atom. The highest BCUT2D eigenvalue weighted by Gasteiger charge is 2.14. The highest BCUT2D eigenvalue weighted by molar-refractivity contribution is 5.81. The largest absolute Gasteiger partial charge is 0.378 e. The number of aromatic nitrogens is 6. The Morgan fingerprint density at radius 2 is 1.97 bits per heavy atom. The molecule has 4 aromatic heterocycles. The Bertz CT molecular complexity index is 1350. The van der Waals surface area contributed by atoms with Gasteiger partial charge in [0.2, 0.25) is 0 Å². The Balaban J connectivity index is 1.33. The second-order valence-electron chi connectivity index (χ2n) is 7.40. The van der Waals surface area contributed by atoms with E-state index in [0.29, 0.717) is 5.82 Å². The molecule has 0 atom stereocenters. The Labute approximate surface area is 177 Å². The molecular weight excluding hydrogens is 392 g/mol. The van der Waals surface area contributed by atoms with E-state index in [0.717, 1.165) is 65.7 Å². The van der Waals surface area contributed by atoms with Crippen LogP contribution in [-0.2, 0) is 4.74 Å². The molecule has 0 radical (unpaired) electrons. The quantitative estimate of drug-likeness (QED) is 0.468. The van der Waals surface area contributed by atoms with Crippen molar-refractivity contribution in [3.8, 4) is 11.3 Å². The molecule has 1 fully saturated rings. The summed E-state index contributed by atoms with van der Waals surface area (Å²) in [6.45, 7) is 3.19. The number of nitrogens with zero attached hydrogens (tertiary/aromatic N) is 6. The Morgan fingerprint density at radius 3 is 2.84 bits per heavy atom. The summed E-state index contributed by atoms with van der Waals surface area (Å²) >= 11 is 0. The van der Waals surface area contributed by atoms with E-state index in [2.05, 4.69) is 36.2 Å². The number of pyridine rings is 1. The number of H-pyrrole nitrogens is 1. The van der Waals surface area contributed by atoms with Gasteiger partial charge in [-0.2, -0.15) is 0 Å². The van der Waals surface area contributed by atoms with Gasteiger partial charge in [0, 0.05) is 37.2 Å². The number of benzene rings is 1. The molecule has 0 unspecified atom stereocenters. The number of imidazole rings is 2. The van der Waals surface area contributed by atoms with Gasteiger partial charge in [-0.3, -0.25) is 0 Å². The minimum absolute atomic E-state index is 0.674. The SMILES string of the molecule is c1cn2cc(-c3ccc4nc[nH]c4c3)nc(Nc3ccc(N4CCOCC4)nc3)c2n1. The van der Waals surface area contributed by atoms with E-state index in [9.17, 15) is 0 Å². The molecule has 5 aromatic rings. The minimum atomic E-state index is 0.674. The summed E-state index contributed by atoms with van der Waals surface area (Å²) < 4.78 is 7.39. The molecule has 1 aliphatic rings. The molecule has 31 heavy (non-hydrogen) atoms. The van der Waals surface area contributed by atoms with Crippen LogP contribution < -0.4 is 10.2 Å². The highest BCUT2D eigenvalue weighted by atomic mass is 16.5. The predicted molar refractivity (Wildman–Crippen MR) is 119 cm³/mol. The second kappa shape index (κ2) is 7.37. The third-order valence-electron chi connectivity index (χ3n) is 5.44. The van der Waals surface area contributed by atoms with Crippen molar-refractivity contribution in [3.05, 3.63) is 61.4 Å². The van der Waals surface area contributed by atoms with E-state index in [1.54, 1.807) is 12.5 Å². The summed E-state index contributed by atoms with van der Waals surface area (Å²) in [4.78, 5) is 23.6. The Hall–Kier alpha value is -3.98. The lowest BCUT2D eigenvalue weighted by Gasteiger charge is -2.27. The monoisotopic (exact) mass is 412 g/mol. The summed E-state index contributed by atoms with van der Waals surface area (Å²) in [6.07, 6.45) is 9.19. The summed E-state index contributed by atoms with van der Waals surface area (Å²) in [5, 5.41) is 3.39. The second-order valence-corrected chi connectivity index (χ2v) is 7.40. The van der Waals surface area contributed by atoms with Gasteiger partial charge >= 0.3 is 0 Å². The van der Waals surface area contributed by atoms with Crippen molar-refractivity contribution in [1.29, 1.82) is 0 Å². The van der Waals surface area contributed by atoms with E-state index in [1.807, 2.05) is 47.3 Å². The van der Waals surface area contributed by atoms with Crippen molar-refractivity contribution in [1.82, 2.24) is 29.3 Å². The minimum Gasteiger partial charge on any atom is -0.378 e. The highest BCUT2D eigenvalue weighted by Crippen LogP contribution is 2.26. The number of rotatable bonds is 4. The maximum atomic E-state index is 5.42. The summed E-state index contributed by atoms with van der Waals surface area (Å²) in [5.41, 5.74) is 5.34. The van der Waals surface area contributed by atoms with Gasteiger partial charge < -0.3 is 24.3 Å². The number of hydrogen-bond acceptors (Lipinski definition) is 7. The number of ether oxygens (including phenoxy) is 1. The molecule has 154 valence electrons. The fraction of sp³-hybridized carbons (Fsp3) is 0.182. The number of aromatic amines is 1. The zero-order chi connectivity index (χ0) is 20.6. The van der Waals surface area contributed by atoms with Crippen LogP contribution in [0.5, 0.6) is 0 Å². The summed E-state index contributed by atoms with van der Waals surface area (Å²) in [6, 6.07) is 10.1. The first kappa shape index (κ1) is 17.8. The van der Waals surface area contributed by atoms with Crippen molar-refractivity contribution in [3.63, 3.8) is 0 Å². The summed E-state index contributed by atoms with van der Waals surface area (Å²) in [5.74, 6) is 1.63. The van der Waals surface area contributed by atoms with Crippen LogP contribution in [0, 0.1) is 0 Å². The van der Waals surface area contributed by atoms with E-state index >= 15 is 0 Å². The first-order chi connectivity index (χ1) is 15.3. The normalized spacial score (nSPS) is 14.4. The van der Waals surface area contributed by atoms with Crippen molar-refractivity contribution in [2.75, 3.05) is 36.5 Å². The molecule has 0 bridgehead atoms. The van der Waals surface area contributed by atoms with Crippen LogP contribution in [0.25, 0.3) is 27.9 Å². The van der Waals surface area contributed by atoms with Crippen LogP contribution in [0.1, 0.15) is 0 Å². The van der Waals surface area contributed by atoms with Gasteiger partial charge in [0.25, 0.3) is 0 Å². The summed E-state index contributed by atoms with van der Waals surface area (Å²) in [7, 11) is 0. The topological polar surface area (TPSA) is 96.3 Å². The first-order valence-corrected chi connectivity index (χ1v) is 10.2. The third kappa shape index (κ3) is 3.34. The number of nitrogens with one attached hydrogen (secondary N) is 2. The molecule has 0 amide bonds. The Kier molecular flexibility index (Phi) is 4.24. The van der Waals surface area contributed by atoms with Crippen molar-refractivity contribution < 1.29 is 4.74 Å². The average molecular weight is 412 g/mol. The van der Waals surface area contributed by atoms with Crippen LogP contribution >= 0.6 is 0 Å². The molecule has 1 saturated heterocycles. The van der Waals surface area contributed by atoms with Crippen LogP contribution in [0.2, 0.25) is 0 Å². The lowest BCUT2D eigenvalue weighted by Crippen LogP contribution is -2.36. The fourth-order valence-electron chi connectivity index (χ4n) is 3.83. The van der Waals surface area contributed by atoms with Crippen molar-refractivity contribution in [2.24, 2.45) is 0 Å². The van der Waals surface area contributed by atoms with Gasteiger partial charge in [-0.1, -0.05) is 6.07 Å². The van der Waals surface area contributed by atoms with Gasteiger partial charge in [0.05, 0.1) is 48.2 Å². The first-order valence-electron chi connectivity index (χ1n) is 10.2. The van der Waals surface area contributed by atoms with Gasteiger partial charge in [0.15, 0.2) is 11.5 Å². The molecule has 0 spiro atoms. The zero-order valence-corrected chi connectivity index (χ0v) is 16.7. The maximum absolute atomic E-state index is 5.42. The van der Waals surface area contributed by atoms with E-state index in [1.165, 1.54) is 0 Å². The van der Waals surface area contributed by atoms with Gasteiger partial charge in [-0.05, 0) is 24.3 Å². The molecule has 1 aromatic carbocycles. The van der Waals surface area contributed by atoms with Crippen molar-refractivity contribution >= 4 is 34.0 Å². The molecule has 0 aliphatic carbocycles. The van der Waals surface area contributed by atoms with Crippen LogP contribution in [0.15, 0.2) is 61.4 Å². The fourth-order valence-corrected chi connectivity index (χ4v) is 3.83. The molecule has 1 aliphatic heterocycles. The number of fused-ring (bicyclic) bond motifs is 2. The van der Waals surface area contributed by atoms with Crippen LogP contribution in [0.3, 0.4) is 0 Å². The number of morpholine rings is 1. The molecule has 0 saturated carbocycles. The molecule has 2 N–H and O–H groups in total. The van der Waals surface area contributed by atoms with Crippen LogP contribution in [-0.4, -0.2) is 55.6 Å². The lowest BCUT2D eigenvalue weighted by atomic mass is 10.1.